The molecule has 1 fully saturated rings. The second-order valence-electron chi connectivity index (χ2n) is 6.59. The van der Waals surface area contributed by atoms with Crippen molar-refractivity contribution in [1.29, 1.82) is 0 Å². The summed E-state index contributed by atoms with van der Waals surface area (Å²) in [6, 6.07) is 7.10. The van der Waals surface area contributed by atoms with E-state index in [0.717, 1.165) is 12.1 Å². The van der Waals surface area contributed by atoms with E-state index in [1.54, 1.807) is 0 Å². The van der Waals surface area contributed by atoms with Gasteiger partial charge in [0.15, 0.2) is 0 Å². The molecule has 10 heteroatoms. The highest BCUT2D eigenvalue weighted by Gasteiger charge is 2.32. The zero-order chi connectivity index (χ0) is 21.2. The van der Waals surface area contributed by atoms with Gasteiger partial charge in [-0.15, -0.1) is 0 Å². The minimum atomic E-state index is -3.77. The number of hydrogen-bond acceptors (Lipinski definition) is 4. The lowest BCUT2D eigenvalue weighted by Gasteiger charge is -2.30. The number of carbonyl (C=O) groups excluding carboxylic acids is 1. The van der Waals surface area contributed by atoms with Gasteiger partial charge in [-0.2, -0.15) is 4.31 Å². The summed E-state index contributed by atoms with van der Waals surface area (Å²) in [5.74, 6) is -2.15. The van der Waals surface area contributed by atoms with E-state index in [1.165, 1.54) is 29.6 Å². The standard InChI is InChI=1S/C19H19ClF2N2O4S/c1-28-18-5-3-14(11-15(18)20)29(26,27)24-8-6-12(7-9-24)19(25)23-17-4-2-13(21)10-16(17)22/h2-5,10-12H,6-9H2,1H3,(H,23,25). The van der Waals surface area contributed by atoms with Gasteiger partial charge >= 0.3 is 0 Å². The second kappa shape index (κ2) is 8.64. The van der Waals surface area contributed by atoms with Crippen LogP contribution in [0.1, 0.15) is 12.8 Å². The van der Waals surface area contributed by atoms with Gasteiger partial charge < -0.3 is 10.1 Å². The summed E-state index contributed by atoms with van der Waals surface area (Å²) >= 11 is 6.02. The number of carbonyl (C=O) groups is 1. The number of piperidine rings is 1. The van der Waals surface area contributed by atoms with E-state index in [9.17, 15) is 22.0 Å². The number of nitrogens with one attached hydrogen (secondary N) is 1. The second-order valence-corrected chi connectivity index (χ2v) is 8.93. The maximum absolute atomic E-state index is 13.7. The normalized spacial score (nSPS) is 15.9. The predicted molar refractivity (Wildman–Crippen MR) is 104 cm³/mol. The SMILES string of the molecule is COc1ccc(S(=O)(=O)N2CCC(C(=O)Nc3ccc(F)cc3F)CC2)cc1Cl. The fourth-order valence-corrected chi connectivity index (χ4v) is 4.96. The van der Waals surface area contributed by atoms with Crippen molar-refractivity contribution in [2.45, 2.75) is 17.7 Å². The Kier molecular flexibility index (Phi) is 6.40. The number of nitrogens with zero attached hydrogens (tertiary/aromatic N) is 1. The van der Waals surface area contributed by atoms with Gasteiger partial charge in [0.1, 0.15) is 17.4 Å². The van der Waals surface area contributed by atoms with E-state index in [2.05, 4.69) is 5.32 Å². The molecule has 1 heterocycles. The smallest absolute Gasteiger partial charge is 0.243 e. The average molecular weight is 445 g/mol. The number of amides is 1. The van der Waals surface area contributed by atoms with E-state index in [-0.39, 0.29) is 41.5 Å². The van der Waals surface area contributed by atoms with E-state index < -0.39 is 33.5 Å². The third-order valence-corrected chi connectivity index (χ3v) is 6.96. The molecule has 1 aliphatic rings. The molecular formula is C19H19ClF2N2O4S. The van der Waals surface area contributed by atoms with Crippen molar-refractivity contribution in [3.05, 3.63) is 53.1 Å². The van der Waals surface area contributed by atoms with Gasteiger partial charge in [0, 0.05) is 25.1 Å². The summed E-state index contributed by atoms with van der Waals surface area (Å²) < 4.78 is 58.6. The molecule has 1 aliphatic heterocycles. The van der Waals surface area contributed by atoms with Gasteiger partial charge in [-0.3, -0.25) is 4.79 Å². The maximum Gasteiger partial charge on any atom is 0.243 e. The zero-order valence-electron chi connectivity index (χ0n) is 15.5. The minimum Gasteiger partial charge on any atom is -0.495 e. The first-order valence-corrected chi connectivity index (χ1v) is 10.6. The summed E-state index contributed by atoms with van der Waals surface area (Å²) in [5, 5.41) is 2.62. The quantitative estimate of drug-likeness (QED) is 0.763. The van der Waals surface area contributed by atoms with Crippen LogP contribution in [0, 0.1) is 17.6 Å². The molecule has 2 aromatic carbocycles. The van der Waals surface area contributed by atoms with Crippen LogP contribution in [0.4, 0.5) is 14.5 Å². The Morgan fingerprint density at radius 2 is 1.86 bits per heavy atom. The van der Waals surface area contributed by atoms with Crippen molar-refractivity contribution in [3.63, 3.8) is 0 Å². The zero-order valence-corrected chi connectivity index (χ0v) is 17.1. The molecule has 0 bridgehead atoms. The molecule has 0 spiro atoms. The molecule has 0 atom stereocenters. The number of hydrogen-bond donors (Lipinski definition) is 1. The van der Waals surface area contributed by atoms with Crippen LogP contribution in [-0.4, -0.2) is 38.8 Å². The number of benzene rings is 2. The number of rotatable bonds is 5. The molecule has 3 rings (SSSR count). The summed E-state index contributed by atoms with van der Waals surface area (Å²) in [6.45, 7) is 0.270. The first kappa shape index (κ1) is 21.5. The molecular weight excluding hydrogens is 426 g/mol. The fourth-order valence-electron chi connectivity index (χ4n) is 3.14. The molecule has 1 saturated heterocycles. The van der Waals surface area contributed by atoms with Crippen LogP contribution in [0.25, 0.3) is 0 Å². The third-order valence-electron chi connectivity index (χ3n) is 4.77. The topological polar surface area (TPSA) is 75.7 Å². The molecule has 29 heavy (non-hydrogen) atoms. The van der Waals surface area contributed by atoms with Gasteiger partial charge in [0.05, 0.1) is 22.7 Å². The van der Waals surface area contributed by atoms with Crippen LogP contribution in [0.2, 0.25) is 5.02 Å². The van der Waals surface area contributed by atoms with Crippen LogP contribution in [0.3, 0.4) is 0 Å². The average Bonchev–Trinajstić information content (AvgIpc) is 2.70. The molecule has 0 radical (unpaired) electrons. The Morgan fingerprint density at radius 3 is 2.45 bits per heavy atom. The number of halogens is 3. The van der Waals surface area contributed by atoms with Crippen LogP contribution in [-0.2, 0) is 14.8 Å². The summed E-state index contributed by atoms with van der Waals surface area (Å²) in [7, 11) is -2.34. The van der Waals surface area contributed by atoms with Crippen LogP contribution in [0.15, 0.2) is 41.3 Å². The van der Waals surface area contributed by atoms with Gasteiger partial charge in [-0.05, 0) is 43.2 Å². The molecule has 0 saturated carbocycles. The third kappa shape index (κ3) is 4.68. The summed E-state index contributed by atoms with van der Waals surface area (Å²) in [5.41, 5.74) is -0.112. The van der Waals surface area contributed by atoms with Gasteiger partial charge in [0.25, 0.3) is 0 Å². The summed E-state index contributed by atoms with van der Waals surface area (Å²) in [6.07, 6.45) is 0.551. The molecule has 156 valence electrons. The Bertz CT molecular complexity index is 1020. The highest BCUT2D eigenvalue weighted by atomic mass is 35.5. The molecule has 2 aromatic rings. The van der Waals surface area contributed by atoms with Crippen molar-refractivity contribution in [3.8, 4) is 5.75 Å². The van der Waals surface area contributed by atoms with E-state index >= 15 is 0 Å². The number of methoxy groups -OCH3 is 1. The van der Waals surface area contributed by atoms with Gasteiger partial charge in [-0.25, -0.2) is 17.2 Å². The van der Waals surface area contributed by atoms with E-state index in [1.807, 2.05) is 0 Å². The lowest BCUT2D eigenvalue weighted by Crippen LogP contribution is -2.41. The van der Waals surface area contributed by atoms with Crippen LogP contribution in [0.5, 0.6) is 5.75 Å². The van der Waals surface area contributed by atoms with Crippen LogP contribution >= 0.6 is 11.6 Å². The summed E-state index contributed by atoms with van der Waals surface area (Å²) in [4.78, 5) is 12.4. The largest absolute Gasteiger partial charge is 0.495 e. The monoisotopic (exact) mass is 444 g/mol. The first-order chi connectivity index (χ1) is 13.7. The lowest BCUT2D eigenvalue weighted by atomic mass is 9.97. The fraction of sp³-hybridized carbons (Fsp3) is 0.316. The number of sulfonamides is 1. The van der Waals surface area contributed by atoms with Crippen molar-refractivity contribution < 1.29 is 26.7 Å². The number of ether oxygens (including phenoxy) is 1. The Balaban J connectivity index is 1.65. The number of anilines is 1. The molecule has 1 amide bonds. The first-order valence-electron chi connectivity index (χ1n) is 8.82. The molecule has 1 N–H and O–H groups in total. The Morgan fingerprint density at radius 1 is 1.17 bits per heavy atom. The van der Waals surface area contributed by atoms with Crippen molar-refractivity contribution in [2.24, 2.45) is 5.92 Å². The molecule has 0 aromatic heterocycles. The lowest BCUT2D eigenvalue weighted by molar-refractivity contribution is -0.120. The van der Waals surface area contributed by atoms with Crippen LogP contribution < -0.4 is 10.1 Å². The highest BCUT2D eigenvalue weighted by Crippen LogP contribution is 2.30. The predicted octanol–water partition coefficient (Wildman–Crippen LogP) is 3.67. The molecule has 0 unspecified atom stereocenters. The van der Waals surface area contributed by atoms with Gasteiger partial charge in [0.2, 0.25) is 15.9 Å². The Labute approximate surface area is 172 Å². The molecule has 6 nitrogen and oxygen atoms in total. The highest BCUT2D eigenvalue weighted by molar-refractivity contribution is 7.89. The minimum absolute atomic E-state index is 0.0413. The van der Waals surface area contributed by atoms with Crippen molar-refractivity contribution in [1.82, 2.24) is 4.31 Å². The van der Waals surface area contributed by atoms with E-state index in [4.69, 9.17) is 16.3 Å². The Hall–Kier alpha value is -2.23. The van der Waals surface area contributed by atoms with E-state index in [0.29, 0.717) is 11.8 Å². The van der Waals surface area contributed by atoms with Gasteiger partial charge in [-0.1, -0.05) is 11.6 Å². The maximum atomic E-state index is 13.7. The van der Waals surface area contributed by atoms with Crippen molar-refractivity contribution in [2.75, 3.05) is 25.5 Å². The molecule has 0 aliphatic carbocycles. The van der Waals surface area contributed by atoms with Crippen molar-refractivity contribution >= 4 is 33.2 Å².